The van der Waals surface area contributed by atoms with E-state index >= 15 is 0 Å². The van der Waals surface area contributed by atoms with Crippen molar-refractivity contribution < 1.29 is 4.74 Å². The lowest BCUT2D eigenvalue weighted by molar-refractivity contribution is 0.416. The van der Waals surface area contributed by atoms with Crippen LogP contribution in [0.25, 0.3) is 11.1 Å². The predicted molar refractivity (Wildman–Crippen MR) is 128 cm³/mol. The summed E-state index contributed by atoms with van der Waals surface area (Å²) in [6.45, 7) is 4.15. The molecule has 2 N–H and O–H groups in total. The molecule has 1 heterocycles. The maximum absolute atomic E-state index is 8.94. The largest absolute Gasteiger partial charge is 0.496 e. The van der Waals surface area contributed by atoms with Crippen molar-refractivity contribution in [1.29, 1.82) is 5.26 Å². The summed E-state index contributed by atoms with van der Waals surface area (Å²) in [5.41, 5.74) is 6.80. The summed E-state index contributed by atoms with van der Waals surface area (Å²) in [5.74, 6) is 2.01. The summed E-state index contributed by atoms with van der Waals surface area (Å²) in [4.78, 5) is 8.87. The number of ether oxygens (including phenoxy) is 1. The van der Waals surface area contributed by atoms with Gasteiger partial charge in [-0.15, -0.1) is 0 Å². The van der Waals surface area contributed by atoms with Gasteiger partial charge in [0.05, 0.1) is 18.7 Å². The fraction of sp³-hybridized carbons (Fsp3) is 0.115. The van der Waals surface area contributed by atoms with Crippen molar-refractivity contribution in [3.8, 4) is 22.9 Å². The van der Waals surface area contributed by atoms with Gasteiger partial charge in [0.15, 0.2) is 0 Å². The first-order valence-corrected chi connectivity index (χ1v) is 10.2. The minimum absolute atomic E-state index is 0.473. The molecule has 0 unspecified atom stereocenters. The zero-order chi connectivity index (χ0) is 22.5. The van der Waals surface area contributed by atoms with Gasteiger partial charge in [0.2, 0.25) is 5.95 Å². The molecule has 158 valence electrons. The Morgan fingerprint density at radius 3 is 2.31 bits per heavy atom. The molecule has 0 radical (unpaired) electrons. The zero-order valence-corrected chi connectivity index (χ0v) is 18.2. The van der Waals surface area contributed by atoms with E-state index in [2.05, 4.69) is 58.7 Å². The maximum atomic E-state index is 8.94. The van der Waals surface area contributed by atoms with E-state index in [0.717, 1.165) is 39.4 Å². The SMILES string of the molecule is COc1ccccc1-c1cc(C)c(Nc2ccnc(Nc3ccc(C#N)cc3)n2)c(C)c1. The van der Waals surface area contributed by atoms with Crippen LogP contribution in [-0.2, 0) is 0 Å². The van der Waals surface area contributed by atoms with Gasteiger partial charge in [-0.3, -0.25) is 0 Å². The highest BCUT2D eigenvalue weighted by molar-refractivity contribution is 5.77. The first kappa shape index (κ1) is 20.9. The lowest BCUT2D eigenvalue weighted by Crippen LogP contribution is -2.02. The molecule has 0 saturated carbocycles. The quantitative estimate of drug-likeness (QED) is 0.390. The number of nitriles is 1. The summed E-state index contributed by atoms with van der Waals surface area (Å²) in [6.07, 6.45) is 1.70. The summed E-state index contributed by atoms with van der Waals surface area (Å²) in [5, 5.41) is 15.5. The number of hydrogen-bond donors (Lipinski definition) is 2. The third kappa shape index (κ3) is 4.52. The Bertz CT molecular complexity index is 1270. The molecule has 4 aromatic rings. The van der Waals surface area contributed by atoms with Crippen LogP contribution in [-0.4, -0.2) is 17.1 Å². The van der Waals surface area contributed by atoms with E-state index in [1.54, 1.807) is 25.4 Å². The molecule has 0 bridgehead atoms. The molecule has 3 aromatic carbocycles. The normalized spacial score (nSPS) is 10.3. The van der Waals surface area contributed by atoms with Gasteiger partial charge < -0.3 is 15.4 Å². The van der Waals surface area contributed by atoms with Crippen LogP contribution in [0.1, 0.15) is 16.7 Å². The number of benzene rings is 3. The van der Waals surface area contributed by atoms with Crippen LogP contribution in [0.4, 0.5) is 23.1 Å². The number of aromatic nitrogens is 2. The highest BCUT2D eigenvalue weighted by Crippen LogP contribution is 2.34. The average molecular weight is 422 g/mol. The molecular formula is C26H23N5O. The van der Waals surface area contributed by atoms with Gasteiger partial charge >= 0.3 is 0 Å². The van der Waals surface area contributed by atoms with Crippen LogP contribution in [0, 0.1) is 25.2 Å². The minimum Gasteiger partial charge on any atom is -0.496 e. The smallest absolute Gasteiger partial charge is 0.229 e. The van der Waals surface area contributed by atoms with Gasteiger partial charge in [0, 0.05) is 23.1 Å². The van der Waals surface area contributed by atoms with Crippen molar-refractivity contribution >= 4 is 23.1 Å². The number of hydrogen-bond acceptors (Lipinski definition) is 6. The second-order valence-corrected chi connectivity index (χ2v) is 7.39. The molecule has 1 aromatic heterocycles. The van der Waals surface area contributed by atoms with Gasteiger partial charge in [0.1, 0.15) is 11.6 Å². The number of methoxy groups -OCH3 is 1. The highest BCUT2D eigenvalue weighted by atomic mass is 16.5. The number of anilines is 4. The lowest BCUT2D eigenvalue weighted by atomic mass is 9.98. The Hall–Kier alpha value is -4.37. The number of nitrogens with zero attached hydrogens (tertiary/aromatic N) is 3. The van der Waals surface area contributed by atoms with Crippen LogP contribution in [0.15, 0.2) is 72.9 Å². The Kier molecular flexibility index (Phi) is 6.00. The van der Waals surface area contributed by atoms with Gasteiger partial charge in [-0.25, -0.2) is 4.98 Å². The maximum Gasteiger partial charge on any atom is 0.229 e. The fourth-order valence-electron chi connectivity index (χ4n) is 3.57. The molecule has 0 aliphatic rings. The molecule has 0 aliphatic carbocycles. The van der Waals surface area contributed by atoms with Gasteiger partial charge in [-0.1, -0.05) is 18.2 Å². The molecule has 32 heavy (non-hydrogen) atoms. The Balaban J connectivity index is 1.58. The molecule has 6 nitrogen and oxygen atoms in total. The number of nitrogens with one attached hydrogen (secondary N) is 2. The van der Waals surface area contributed by atoms with Crippen LogP contribution in [0.3, 0.4) is 0 Å². The topological polar surface area (TPSA) is 82.9 Å². The van der Waals surface area contributed by atoms with Crippen LogP contribution >= 0.6 is 0 Å². The van der Waals surface area contributed by atoms with Gasteiger partial charge in [-0.2, -0.15) is 10.2 Å². The summed E-state index contributed by atoms with van der Waals surface area (Å²) < 4.78 is 5.52. The molecule has 0 amide bonds. The van der Waals surface area contributed by atoms with Crippen molar-refractivity contribution in [2.24, 2.45) is 0 Å². The first-order chi connectivity index (χ1) is 15.6. The Morgan fingerprint density at radius 1 is 0.906 bits per heavy atom. The molecule has 0 atom stereocenters. The Labute approximate surface area is 187 Å². The molecule has 0 spiro atoms. The standard InChI is InChI=1S/C26H23N5O/c1-17-14-20(22-6-4-5-7-23(22)32-3)15-18(2)25(17)30-24-12-13-28-26(31-24)29-21-10-8-19(16-27)9-11-21/h4-15H,1-3H3,(H2,28,29,30,31). The van der Waals surface area contributed by atoms with E-state index in [-0.39, 0.29) is 0 Å². The lowest BCUT2D eigenvalue weighted by Gasteiger charge is -2.16. The average Bonchev–Trinajstić information content (AvgIpc) is 2.82. The molecule has 0 saturated heterocycles. The van der Waals surface area contributed by atoms with E-state index in [1.165, 1.54) is 0 Å². The Morgan fingerprint density at radius 2 is 1.62 bits per heavy atom. The van der Waals surface area contributed by atoms with Crippen molar-refractivity contribution in [3.05, 3.63) is 89.6 Å². The third-order valence-corrected chi connectivity index (χ3v) is 5.13. The van der Waals surface area contributed by atoms with E-state index in [0.29, 0.717) is 17.3 Å². The van der Waals surface area contributed by atoms with Gasteiger partial charge in [-0.05, 0) is 79.1 Å². The van der Waals surface area contributed by atoms with E-state index in [9.17, 15) is 0 Å². The van der Waals surface area contributed by atoms with Crippen molar-refractivity contribution in [2.45, 2.75) is 13.8 Å². The van der Waals surface area contributed by atoms with Crippen LogP contribution in [0.2, 0.25) is 0 Å². The summed E-state index contributed by atoms with van der Waals surface area (Å²) in [6, 6.07) is 23.4. The molecule has 0 aliphatic heterocycles. The predicted octanol–water partition coefficient (Wildman–Crippen LogP) is 6.13. The fourth-order valence-corrected chi connectivity index (χ4v) is 3.57. The summed E-state index contributed by atoms with van der Waals surface area (Å²) >= 11 is 0. The van der Waals surface area contributed by atoms with E-state index in [1.807, 2.05) is 36.4 Å². The highest BCUT2D eigenvalue weighted by Gasteiger charge is 2.11. The minimum atomic E-state index is 0.473. The molecule has 0 fully saturated rings. The number of rotatable bonds is 6. The van der Waals surface area contributed by atoms with Crippen molar-refractivity contribution in [1.82, 2.24) is 9.97 Å². The second kappa shape index (κ2) is 9.19. The number of aryl methyl sites for hydroxylation is 2. The zero-order valence-electron chi connectivity index (χ0n) is 18.2. The number of para-hydroxylation sites is 1. The first-order valence-electron chi connectivity index (χ1n) is 10.2. The van der Waals surface area contributed by atoms with E-state index < -0.39 is 0 Å². The van der Waals surface area contributed by atoms with Crippen molar-refractivity contribution in [2.75, 3.05) is 17.7 Å². The van der Waals surface area contributed by atoms with Gasteiger partial charge in [0.25, 0.3) is 0 Å². The second-order valence-electron chi connectivity index (χ2n) is 7.39. The molecule has 4 rings (SSSR count). The summed E-state index contributed by atoms with van der Waals surface area (Å²) in [7, 11) is 1.69. The molecule has 6 heteroatoms. The van der Waals surface area contributed by atoms with Crippen LogP contribution < -0.4 is 15.4 Å². The van der Waals surface area contributed by atoms with E-state index in [4.69, 9.17) is 10.00 Å². The monoisotopic (exact) mass is 421 g/mol. The van der Waals surface area contributed by atoms with Crippen LogP contribution in [0.5, 0.6) is 5.75 Å². The van der Waals surface area contributed by atoms with Crippen molar-refractivity contribution in [3.63, 3.8) is 0 Å². The third-order valence-electron chi connectivity index (χ3n) is 5.13. The molecular weight excluding hydrogens is 398 g/mol.